The molecule has 12 aromatic carbocycles. The topological polar surface area (TPSA) is 6.48 Å². The lowest BCUT2D eigenvalue weighted by atomic mass is 9.85. The summed E-state index contributed by atoms with van der Waals surface area (Å²) in [6, 6.07) is 80.2. The van der Waals surface area contributed by atoms with Crippen LogP contribution >= 0.6 is 0 Å². The molecule has 0 saturated carbocycles. The van der Waals surface area contributed by atoms with Crippen LogP contribution in [0.4, 0.5) is 34.1 Å². The monoisotopic (exact) mass is 736 g/mol. The van der Waals surface area contributed by atoms with Crippen LogP contribution in [0.1, 0.15) is 0 Å². The van der Waals surface area contributed by atoms with Gasteiger partial charge in [-0.15, -0.1) is 0 Å². The van der Waals surface area contributed by atoms with Gasteiger partial charge >= 0.3 is 0 Å². The molecule has 0 aliphatic carbocycles. The fourth-order valence-electron chi connectivity index (χ4n) is 9.55. The van der Waals surface area contributed by atoms with Gasteiger partial charge in [-0.05, 0) is 116 Å². The number of nitrogens with zero attached hydrogens (tertiary/aromatic N) is 2. The quantitative estimate of drug-likeness (QED) is 0.124. The first-order valence-corrected chi connectivity index (χ1v) is 20.0. The average Bonchev–Trinajstić information content (AvgIpc) is 3.29. The van der Waals surface area contributed by atoms with Gasteiger partial charge in [-0.25, -0.2) is 0 Å². The van der Waals surface area contributed by atoms with E-state index in [1.165, 1.54) is 86.8 Å². The number of rotatable bonds is 6. The van der Waals surface area contributed by atoms with Crippen LogP contribution in [0.15, 0.2) is 218 Å². The molecular weight excluding hydrogens is 701 g/mol. The summed E-state index contributed by atoms with van der Waals surface area (Å²) in [5, 5.41) is 17.4. The van der Waals surface area contributed by atoms with Crippen molar-refractivity contribution in [1.29, 1.82) is 0 Å². The second kappa shape index (κ2) is 12.9. The summed E-state index contributed by atoms with van der Waals surface area (Å²) in [6.07, 6.45) is 0. The molecule has 270 valence electrons. The molecule has 0 heterocycles. The molecule has 0 atom stereocenters. The minimum Gasteiger partial charge on any atom is -0.309 e. The molecule has 0 saturated heterocycles. The van der Waals surface area contributed by atoms with Crippen molar-refractivity contribution >= 4 is 110 Å². The van der Waals surface area contributed by atoms with E-state index in [2.05, 4.69) is 228 Å². The molecule has 0 unspecified atom stereocenters. The van der Waals surface area contributed by atoms with Crippen molar-refractivity contribution < 1.29 is 0 Å². The van der Waals surface area contributed by atoms with Gasteiger partial charge in [0.25, 0.3) is 0 Å². The maximum atomic E-state index is 2.47. The standard InChI is InChI=1S/C56H36N2/c1-5-21-41(22-6-1)57(42-23-7-2-8-24-42)55-47-31-32-48-54-46(30-29-45(53(47)54)49-33-37-17-13-15-19-39(37)35-51(49)55)50-34-38-18-14-16-20-40(38)36-52(50)56(48)58(43-25-9-3-10-26-43)44-27-11-4-12-28-44/h1-36H. The van der Waals surface area contributed by atoms with E-state index in [9.17, 15) is 0 Å². The Kier molecular flexibility index (Phi) is 7.26. The largest absolute Gasteiger partial charge is 0.309 e. The second-order valence-corrected chi connectivity index (χ2v) is 15.3. The third-order valence-corrected chi connectivity index (χ3v) is 12.0. The van der Waals surface area contributed by atoms with Crippen LogP contribution in [0.3, 0.4) is 0 Å². The summed E-state index contributed by atoms with van der Waals surface area (Å²) in [7, 11) is 0. The summed E-state index contributed by atoms with van der Waals surface area (Å²) in [6.45, 7) is 0. The van der Waals surface area contributed by atoms with E-state index in [-0.39, 0.29) is 0 Å². The van der Waals surface area contributed by atoms with E-state index in [0.717, 1.165) is 22.7 Å². The van der Waals surface area contributed by atoms with Crippen LogP contribution in [-0.4, -0.2) is 0 Å². The number of benzene rings is 12. The highest BCUT2D eigenvalue weighted by molar-refractivity contribution is 6.40. The molecule has 12 rings (SSSR count). The van der Waals surface area contributed by atoms with Gasteiger partial charge in [0.15, 0.2) is 0 Å². The van der Waals surface area contributed by atoms with Gasteiger partial charge in [-0.3, -0.25) is 0 Å². The number of hydrogen-bond donors (Lipinski definition) is 0. The van der Waals surface area contributed by atoms with Crippen molar-refractivity contribution in [2.24, 2.45) is 0 Å². The molecule has 0 N–H and O–H groups in total. The fourth-order valence-corrected chi connectivity index (χ4v) is 9.55. The van der Waals surface area contributed by atoms with E-state index >= 15 is 0 Å². The van der Waals surface area contributed by atoms with Crippen LogP contribution in [-0.2, 0) is 0 Å². The predicted octanol–water partition coefficient (Wildman–Crippen LogP) is 16.1. The van der Waals surface area contributed by atoms with Crippen LogP contribution < -0.4 is 9.80 Å². The van der Waals surface area contributed by atoms with Gasteiger partial charge in [-0.2, -0.15) is 0 Å². The Labute approximate surface area is 336 Å². The number of hydrogen-bond acceptors (Lipinski definition) is 2. The van der Waals surface area contributed by atoms with Gasteiger partial charge in [0.05, 0.1) is 11.4 Å². The summed E-state index contributed by atoms with van der Waals surface area (Å²) in [4.78, 5) is 4.94. The first-order chi connectivity index (χ1) is 28.8. The van der Waals surface area contributed by atoms with Crippen LogP contribution in [0.25, 0.3) is 75.4 Å². The van der Waals surface area contributed by atoms with Gasteiger partial charge in [0, 0.05) is 55.1 Å². The van der Waals surface area contributed by atoms with Crippen molar-refractivity contribution in [3.05, 3.63) is 218 Å². The Hall–Kier alpha value is -7.68. The number of para-hydroxylation sites is 4. The zero-order valence-corrected chi connectivity index (χ0v) is 31.7. The number of fused-ring (bicyclic) bond motifs is 6. The molecule has 0 amide bonds. The first kappa shape index (κ1) is 32.6. The van der Waals surface area contributed by atoms with Crippen molar-refractivity contribution in [3.8, 4) is 0 Å². The zero-order chi connectivity index (χ0) is 38.2. The van der Waals surface area contributed by atoms with Crippen LogP contribution in [0.5, 0.6) is 0 Å². The Morgan fingerprint density at radius 1 is 0.207 bits per heavy atom. The van der Waals surface area contributed by atoms with E-state index in [4.69, 9.17) is 0 Å². The highest BCUT2D eigenvalue weighted by atomic mass is 15.2. The normalized spacial score (nSPS) is 11.8. The van der Waals surface area contributed by atoms with E-state index in [1.54, 1.807) is 0 Å². The SMILES string of the molecule is c1ccc(N(c2ccccc2)c2c3cc4ccccc4cc3c3ccc4c5cc6ccccc6cc5c(N(c5ccccc5)c5ccccc5)c5ccc2c3c54)cc1. The lowest BCUT2D eigenvalue weighted by Gasteiger charge is -2.31. The highest BCUT2D eigenvalue weighted by Crippen LogP contribution is 2.54. The lowest BCUT2D eigenvalue weighted by Crippen LogP contribution is -2.12. The zero-order valence-electron chi connectivity index (χ0n) is 31.7. The highest BCUT2D eigenvalue weighted by Gasteiger charge is 2.27. The van der Waals surface area contributed by atoms with Gasteiger partial charge in [0.2, 0.25) is 0 Å². The Morgan fingerprint density at radius 2 is 0.466 bits per heavy atom. The molecule has 0 aromatic heterocycles. The fraction of sp³-hybridized carbons (Fsp3) is 0. The molecule has 2 nitrogen and oxygen atoms in total. The average molecular weight is 737 g/mol. The van der Waals surface area contributed by atoms with Gasteiger partial charge < -0.3 is 9.80 Å². The molecule has 0 radical (unpaired) electrons. The summed E-state index contributed by atoms with van der Waals surface area (Å²) >= 11 is 0. The smallest absolute Gasteiger partial charge is 0.0619 e. The molecule has 0 spiro atoms. The lowest BCUT2D eigenvalue weighted by molar-refractivity contribution is 1.31. The maximum Gasteiger partial charge on any atom is 0.0619 e. The minimum atomic E-state index is 1.12. The third-order valence-electron chi connectivity index (χ3n) is 12.0. The molecule has 12 aromatic rings. The van der Waals surface area contributed by atoms with Crippen LogP contribution in [0.2, 0.25) is 0 Å². The van der Waals surface area contributed by atoms with Crippen molar-refractivity contribution in [1.82, 2.24) is 0 Å². The van der Waals surface area contributed by atoms with Crippen molar-refractivity contribution in [3.63, 3.8) is 0 Å². The Bertz CT molecular complexity index is 3180. The third kappa shape index (κ3) is 4.92. The molecule has 0 fully saturated rings. The Morgan fingerprint density at radius 3 is 0.776 bits per heavy atom. The minimum absolute atomic E-state index is 1.12. The maximum absolute atomic E-state index is 2.47. The van der Waals surface area contributed by atoms with Crippen LogP contribution in [0, 0.1) is 0 Å². The van der Waals surface area contributed by atoms with Crippen molar-refractivity contribution in [2.75, 3.05) is 9.80 Å². The second-order valence-electron chi connectivity index (χ2n) is 15.3. The number of anilines is 6. The van der Waals surface area contributed by atoms with E-state index < -0.39 is 0 Å². The summed E-state index contributed by atoms with van der Waals surface area (Å²) in [5.41, 5.74) is 6.85. The molecular formula is C56H36N2. The van der Waals surface area contributed by atoms with E-state index in [1.807, 2.05) is 0 Å². The summed E-state index contributed by atoms with van der Waals surface area (Å²) < 4.78 is 0. The summed E-state index contributed by atoms with van der Waals surface area (Å²) in [5.74, 6) is 0. The van der Waals surface area contributed by atoms with Crippen molar-refractivity contribution in [2.45, 2.75) is 0 Å². The molecule has 58 heavy (non-hydrogen) atoms. The predicted molar refractivity (Wildman–Crippen MR) is 250 cm³/mol. The van der Waals surface area contributed by atoms with E-state index in [0.29, 0.717) is 0 Å². The Balaban J connectivity index is 1.32. The van der Waals surface area contributed by atoms with Gasteiger partial charge in [0.1, 0.15) is 0 Å². The molecule has 0 aliphatic rings. The molecule has 0 bridgehead atoms. The molecule has 0 aliphatic heterocycles. The van der Waals surface area contributed by atoms with Gasteiger partial charge in [-0.1, -0.05) is 146 Å². The molecule has 2 heteroatoms. The first-order valence-electron chi connectivity index (χ1n) is 20.0.